The van der Waals surface area contributed by atoms with Crippen molar-refractivity contribution in [2.24, 2.45) is 5.73 Å². The summed E-state index contributed by atoms with van der Waals surface area (Å²) in [6.45, 7) is 2.91. The van der Waals surface area contributed by atoms with E-state index in [-0.39, 0.29) is 0 Å². The number of piperidine rings is 1. The monoisotopic (exact) mass is 266 g/mol. The van der Waals surface area contributed by atoms with Gasteiger partial charge in [-0.1, -0.05) is 42.5 Å². The fraction of sp³-hybridized carbons (Fsp3) is 0.333. The lowest BCUT2D eigenvalue weighted by Gasteiger charge is -2.31. The number of rotatable bonds is 3. The van der Waals surface area contributed by atoms with E-state index in [4.69, 9.17) is 5.73 Å². The SMILES string of the molecule is NCc1c(-c2ccccc2)cccc1N1CCCCC1. The van der Waals surface area contributed by atoms with E-state index in [0.717, 1.165) is 13.1 Å². The van der Waals surface area contributed by atoms with Crippen molar-refractivity contribution in [2.75, 3.05) is 18.0 Å². The minimum absolute atomic E-state index is 0.594. The minimum atomic E-state index is 0.594. The maximum atomic E-state index is 6.07. The van der Waals surface area contributed by atoms with Crippen LogP contribution in [0.5, 0.6) is 0 Å². The van der Waals surface area contributed by atoms with Crippen molar-refractivity contribution < 1.29 is 0 Å². The molecule has 0 radical (unpaired) electrons. The highest BCUT2D eigenvalue weighted by atomic mass is 15.1. The van der Waals surface area contributed by atoms with Gasteiger partial charge in [0.25, 0.3) is 0 Å². The van der Waals surface area contributed by atoms with Gasteiger partial charge in [0.15, 0.2) is 0 Å². The first-order valence-electron chi connectivity index (χ1n) is 7.52. The van der Waals surface area contributed by atoms with Crippen molar-refractivity contribution >= 4 is 5.69 Å². The van der Waals surface area contributed by atoms with E-state index in [0.29, 0.717) is 6.54 Å². The number of nitrogens with two attached hydrogens (primary N) is 1. The van der Waals surface area contributed by atoms with Gasteiger partial charge in [-0.05, 0) is 42.0 Å². The van der Waals surface area contributed by atoms with Crippen molar-refractivity contribution in [3.8, 4) is 11.1 Å². The zero-order valence-electron chi connectivity index (χ0n) is 11.9. The molecule has 1 heterocycles. The summed E-state index contributed by atoms with van der Waals surface area (Å²) in [4.78, 5) is 2.50. The Morgan fingerprint density at radius 3 is 2.30 bits per heavy atom. The van der Waals surface area contributed by atoms with Gasteiger partial charge in [0.2, 0.25) is 0 Å². The molecule has 0 bridgehead atoms. The molecule has 2 heteroatoms. The van der Waals surface area contributed by atoms with Crippen molar-refractivity contribution in [1.29, 1.82) is 0 Å². The fourth-order valence-electron chi connectivity index (χ4n) is 3.11. The van der Waals surface area contributed by atoms with Crippen LogP contribution in [0.15, 0.2) is 48.5 Å². The molecule has 0 saturated carbocycles. The van der Waals surface area contributed by atoms with Crippen LogP contribution in [-0.2, 0) is 6.54 Å². The van der Waals surface area contributed by atoms with Gasteiger partial charge >= 0.3 is 0 Å². The fourth-order valence-corrected chi connectivity index (χ4v) is 3.11. The van der Waals surface area contributed by atoms with E-state index in [2.05, 4.69) is 53.4 Å². The second kappa shape index (κ2) is 6.10. The van der Waals surface area contributed by atoms with Crippen LogP contribution in [0.25, 0.3) is 11.1 Å². The predicted molar refractivity (Wildman–Crippen MR) is 85.8 cm³/mol. The van der Waals surface area contributed by atoms with E-state index < -0.39 is 0 Å². The highest BCUT2D eigenvalue weighted by molar-refractivity contribution is 5.74. The minimum Gasteiger partial charge on any atom is -0.371 e. The Morgan fingerprint density at radius 1 is 0.850 bits per heavy atom. The zero-order valence-corrected chi connectivity index (χ0v) is 11.9. The van der Waals surface area contributed by atoms with Crippen LogP contribution in [0.3, 0.4) is 0 Å². The average Bonchev–Trinajstić information content (AvgIpc) is 2.55. The van der Waals surface area contributed by atoms with Crippen LogP contribution in [0.2, 0.25) is 0 Å². The molecule has 0 amide bonds. The molecule has 2 aromatic carbocycles. The highest BCUT2D eigenvalue weighted by Gasteiger charge is 2.16. The Morgan fingerprint density at radius 2 is 1.60 bits per heavy atom. The second-order valence-electron chi connectivity index (χ2n) is 5.42. The number of nitrogens with zero attached hydrogens (tertiary/aromatic N) is 1. The third-order valence-corrected chi connectivity index (χ3v) is 4.14. The van der Waals surface area contributed by atoms with Crippen LogP contribution >= 0.6 is 0 Å². The summed E-state index contributed by atoms with van der Waals surface area (Å²) in [5.74, 6) is 0. The summed E-state index contributed by atoms with van der Waals surface area (Å²) in [5.41, 5.74) is 11.2. The van der Waals surface area contributed by atoms with Gasteiger partial charge in [0.05, 0.1) is 0 Å². The standard InChI is InChI=1S/C18H22N2/c19-14-17-16(15-8-3-1-4-9-15)10-7-11-18(17)20-12-5-2-6-13-20/h1,3-4,7-11H,2,5-6,12-14,19H2. The Kier molecular flexibility index (Phi) is 4.03. The van der Waals surface area contributed by atoms with Crippen molar-refractivity contribution in [2.45, 2.75) is 25.8 Å². The van der Waals surface area contributed by atoms with Gasteiger partial charge in [-0.25, -0.2) is 0 Å². The summed E-state index contributed by atoms with van der Waals surface area (Å²) < 4.78 is 0. The molecule has 0 atom stereocenters. The lowest BCUT2D eigenvalue weighted by molar-refractivity contribution is 0.576. The van der Waals surface area contributed by atoms with Gasteiger partial charge in [0.1, 0.15) is 0 Å². The molecular weight excluding hydrogens is 244 g/mol. The van der Waals surface area contributed by atoms with Crippen LogP contribution in [0.4, 0.5) is 5.69 Å². The molecule has 104 valence electrons. The molecule has 1 aliphatic heterocycles. The maximum Gasteiger partial charge on any atom is 0.0418 e. The molecule has 0 unspecified atom stereocenters. The quantitative estimate of drug-likeness (QED) is 0.915. The van der Waals surface area contributed by atoms with Gasteiger partial charge < -0.3 is 10.6 Å². The average molecular weight is 266 g/mol. The smallest absolute Gasteiger partial charge is 0.0418 e. The molecule has 0 aliphatic carbocycles. The Balaban J connectivity index is 2.03. The third-order valence-electron chi connectivity index (χ3n) is 4.14. The molecule has 2 nitrogen and oxygen atoms in total. The van der Waals surface area contributed by atoms with E-state index in [1.807, 2.05) is 0 Å². The van der Waals surface area contributed by atoms with Gasteiger partial charge in [0, 0.05) is 25.3 Å². The molecule has 1 saturated heterocycles. The van der Waals surface area contributed by atoms with E-state index in [9.17, 15) is 0 Å². The van der Waals surface area contributed by atoms with Crippen LogP contribution in [0.1, 0.15) is 24.8 Å². The zero-order chi connectivity index (χ0) is 13.8. The lowest BCUT2D eigenvalue weighted by atomic mass is 9.97. The van der Waals surface area contributed by atoms with Gasteiger partial charge in [-0.2, -0.15) is 0 Å². The third kappa shape index (κ3) is 2.56. The number of benzene rings is 2. The van der Waals surface area contributed by atoms with Crippen molar-refractivity contribution in [3.63, 3.8) is 0 Å². The first-order chi connectivity index (χ1) is 9.90. The topological polar surface area (TPSA) is 29.3 Å². The van der Waals surface area contributed by atoms with E-state index in [1.54, 1.807) is 0 Å². The van der Waals surface area contributed by atoms with E-state index >= 15 is 0 Å². The summed E-state index contributed by atoms with van der Waals surface area (Å²) in [7, 11) is 0. The maximum absolute atomic E-state index is 6.07. The molecule has 0 aromatic heterocycles. The molecule has 1 fully saturated rings. The first-order valence-corrected chi connectivity index (χ1v) is 7.52. The first kappa shape index (κ1) is 13.2. The second-order valence-corrected chi connectivity index (χ2v) is 5.42. The van der Waals surface area contributed by atoms with Gasteiger partial charge in [-0.15, -0.1) is 0 Å². The number of hydrogen-bond acceptors (Lipinski definition) is 2. The largest absolute Gasteiger partial charge is 0.371 e. The lowest BCUT2D eigenvalue weighted by Crippen LogP contribution is -2.30. The molecule has 3 rings (SSSR count). The highest BCUT2D eigenvalue weighted by Crippen LogP contribution is 2.32. The van der Waals surface area contributed by atoms with Crippen LogP contribution in [-0.4, -0.2) is 13.1 Å². The van der Waals surface area contributed by atoms with Crippen molar-refractivity contribution in [1.82, 2.24) is 0 Å². The summed E-state index contributed by atoms with van der Waals surface area (Å²) >= 11 is 0. The molecule has 2 aromatic rings. The summed E-state index contributed by atoms with van der Waals surface area (Å²) in [6, 6.07) is 17.1. The predicted octanol–water partition coefficient (Wildman–Crippen LogP) is 3.80. The summed E-state index contributed by atoms with van der Waals surface area (Å²) in [5, 5.41) is 0. The van der Waals surface area contributed by atoms with Crippen LogP contribution < -0.4 is 10.6 Å². The number of hydrogen-bond donors (Lipinski definition) is 1. The Labute approximate surface area is 121 Å². The normalized spacial score (nSPS) is 15.3. The van der Waals surface area contributed by atoms with Gasteiger partial charge in [-0.3, -0.25) is 0 Å². The summed E-state index contributed by atoms with van der Waals surface area (Å²) in [6.07, 6.45) is 3.94. The molecule has 20 heavy (non-hydrogen) atoms. The molecular formula is C18H22N2. The molecule has 1 aliphatic rings. The molecule has 2 N–H and O–H groups in total. The number of anilines is 1. The van der Waals surface area contributed by atoms with Crippen LogP contribution in [0, 0.1) is 0 Å². The van der Waals surface area contributed by atoms with Crippen molar-refractivity contribution in [3.05, 3.63) is 54.1 Å². The Bertz CT molecular complexity index is 557. The molecule has 0 spiro atoms. The Hall–Kier alpha value is -1.80. The van der Waals surface area contributed by atoms with E-state index in [1.165, 1.54) is 41.6 Å².